The van der Waals surface area contributed by atoms with Crippen molar-refractivity contribution in [2.45, 2.75) is 13.0 Å². The van der Waals surface area contributed by atoms with Crippen LogP contribution in [0.15, 0.2) is 18.2 Å². The van der Waals surface area contributed by atoms with E-state index < -0.39 is 22.4 Å². The molecule has 0 radical (unpaired) electrons. The summed E-state index contributed by atoms with van der Waals surface area (Å²) >= 11 is 0. The summed E-state index contributed by atoms with van der Waals surface area (Å²) in [5.41, 5.74) is 0.271. The van der Waals surface area contributed by atoms with E-state index in [0.717, 1.165) is 6.07 Å². The Morgan fingerprint density at radius 2 is 2.12 bits per heavy atom. The zero-order valence-corrected chi connectivity index (χ0v) is 10.4. The Bertz CT molecular complexity index is 439. The van der Waals surface area contributed by atoms with Crippen molar-refractivity contribution in [2.24, 2.45) is 5.92 Å². The number of hydrogen-bond donors (Lipinski definition) is 1. The Hall–Kier alpha value is -0.810. The third-order valence-electron chi connectivity index (χ3n) is 2.89. The van der Waals surface area contributed by atoms with Crippen molar-refractivity contribution in [1.82, 2.24) is 5.32 Å². The lowest BCUT2D eigenvalue weighted by molar-refractivity contribution is 0.464. The fourth-order valence-corrected chi connectivity index (χ4v) is 3.58. The molecule has 2 nitrogen and oxygen atoms in total. The topological polar surface area (TPSA) is 29.1 Å². The van der Waals surface area contributed by atoms with Crippen LogP contribution in [0.2, 0.25) is 0 Å². The predicted molar refractivity (Wildman–Crippen MR) is 64.1 cm³/mol. The van der Waals surface area contributed by atoms with Gasteiger partial charge in [-0.05, 0) is 18.5 Å². The van der Waals surface area contributed by atoms with Crippen LogP contribution in [0.4, 0.5) is 8.78 Å². The molecular weight excluding hydrogens is 244 g/mol. The van der Waals surface area contributed by atoms with E-state index in [1.165, 1.54) is 6.07 Å². The summed E-state index contributed by atoms with van der Waals surface area (Å²) in [4.78, 5) is 0. The largest absolute Gasteiger partial charge is 0.309 e. The molecule has 3 unspecified atom stereocenters. The Labute approximate surface area is 102 Å². The van der Waals surface area contributed by atoms with Gasteiger partial charge in [-0.25, -0.2) is 8.78 Å². The number of hydrogen-bond acceptors (Lipinski definition) is 2. The fourth-order valence-electron chi connectivity index (χ4n) is 2.02. The number of rotatable bonds is 1. The van der Waals surface area contributed by atoms with Crippen LogP contribution in [-0.4, -0.2) is 22.3 Å². The van der Waals surface area contributed by atoms with E-state index in [0.29, 0.717) is 18.1 Å². The highest BCUT2D eigenvalue weighted by atomic mass is 32.2. The van der Waals surface area contributed by atoms with Crippen LogP contribution in [0, 0.1) is 17.6 Å². The molecule has 5 heteroatoms. The Morgan fingerprint density at radius 3 is 2.88 bits per heavy atom. The van der Waals surface area contributed by atoms with Crippen molar-refractivity contribution in [3.05, 3.63) is 35.4 Å². The Morgan fingerprint density at radius 1 is 1.35 bits per heavy atom. The van der Waals surface area contributed by atoms with E-state index in [1.54, 1.807) is 6.07 Å². The van der Waals surface area contributed by atoms with Crippen molar-refractivity contribution < 1.29 is 13.0 Å². The maximum Gasteiger partial charge on any atom is 0.163 e. The van der Waals surface area contributed by atoms with Crippen LogP contribution in [-0.2, 0) is 10.8 Å². The number of benzene rings is 1. The maximum atomic E-state index is 13.6. The second-order valence-corrected chi connectivity index (χ2v) is 6.03. The summed E-state index contributed by atoms with van der Waals surface area (Å²) in [6.45, 7) is 2.67. The van der Waals surface area contributed by atoms with Crippen molar-refractivity contribution >= 4 is 10.8 Å². The van der Waals surface area contributed by atoms with E-state index in [1.807, 2.05) is 6.92 Å². The molecule has 17 heavy (non-hydrogen) atoms. The molecule has 0 spiro atoms. The summed E-state index contributed by atoms with van der Waals surface area (Å²) in [6, 6.07) is 3.75. The summed E-state index contributed by atoms with van der Waals surface area (Å²) in [6.07, 6.45) is 0. The van der Waals surface area contributed by atoms with Crippen LogP contribution in [0.3, 0.4) is 0 Å². The Balaban J connectivity index is 2.27. The molecule has 1 aliphatic rings. The lowest BCUT2D eigenvalue weighted by Gasteiger charge is -2.16. The summed E-state index contributed by atoms with van der Waals surface area (Å²) in [7, 11) is -0.985. The van der Waals surface area contributed by atoms with Gasteiger partial charge in [-0.15, -0.1) is 0 Å². The van der Waals surface area contributed by atoms with Crippen molar-refractivity contribution in [1.29, 1.82) is 0 Å². The van der Waals surface area contributed by atoms with Gasteiger partial charge in [0, 0.05) is 33.9 Å². The summed E-state index contributed by atoms with van der Waals surface area (Å²) in [5, 5.41) is 3.15. The van der Waals surface area contributed by atoms with Gasteiger partial charge in [0.1, 0.15) is 0 Å². The monoisotopic (exact) mass is 259 g/mol. The molecule has 2 rings (SSSR count). The first-order chi connectivity index (χ1) is 8.08. The molecule has 1 fully saturated rings. The molecule has 0 amide bonds. The van der Waals surface area contributed by atoms with Gasteiger partial charge in [-0.1, -0.05) is 19.1 Å². The number of halogens is 2. The van der Waals surface area contributed by atoms with Crippen LogP contribution < -0.4 is 5.32 Å². The fraction of sp³-hybridized carbons (Fsp3) is 0.500. The van der Waals surface area contributed by atoms with Crippen molar-refractivity contribution in [3.8, 4) is 0 Å². The molecule has 0 aliphatic carbocycles. The smallest absolute Gasteiger partial charge is 0.163 e. The molecular formula is C12H15F2NOS. The molecule has 0 saturated carbocycles. The standard InChI is InChI=1S/C12H15F2NOS/c1-8-5-15-11(7-17(16)6-8)9-3-2-4-10(13)12(9)14/h2-4,8,11,15H,5-7H2,1H3. The van der Waals surface area contributed by atoms with E-state index in [9.17, 15) is 13.0 Å². The van der Waals surface area contributed by atoms with Crippen LogP contribution in [0.25, 0.3) is 0 Å². The van der Waals surface area contributed by atoms with Gasteiger partial charge >= 0.3 is 0 Å². The van der Waals surface area contributed by atoms with Gasteiger partial charge in [-0.2, -0.15) is 0 Å². The third kappa shape index (κ3) is 2.90. The normalized spacial score (nSPS) is 29.9. The van der Waals surface area contributed by atoms with E-state index in [4.69, 9.17) is 0 Å². The van der Waals surface area contributed by atoms with Crippen LogP contribution in [0.5, 0.6) is 0 Å². The quantitative estimate of drug-likeness (QED) is 0.835. The minimum Gasteiger partial charge on any atom is -0.309 e. The lowest BCUT2D eigenvalue weighted by Crippen LogP contribution is -2.26. The zero-order chi connectivity index (χ0) is 12.4. The average molecular weight is 259 g/mol. The number of nitrogens with one attached hydrogen (secondary N) is 1. The average Bonchev–Trinajstić information content (AvgIpc) is 2.43. The molecule has 1 heterocycles. The molecule has 94 valence electrons. The van der Waals surface area contributed by atoms with Crippen LogP contribution in [0.1, 0.15) is 18.5 Å². The highest BCUT2D eigenvalue weighted by molar-refractivity contribution is 7.85. The molecule has 0 bridgehead atoms. The first kappa shape index (κ1) is 12.6. The van der Waals surface area contributed by atoms with Crippen LogP contribution >= 0.6 is 0 Å². The highest BCUT2D eigenvalue weighted by Gasteiger charge is 2.24. The van der Waals surface area contributed by atoms with Gasteiger partial charge in [0.2, 0.25) is 0 Å². The maximum absolute atomic E-state index is 13.6. The molecule has 0 aromatic heterocycles. The zero-order valence-electron chi connectivity index (χ0n) is 9.58. The summed E-state index contributed by atoms with van der Waals surface area (Å²) < 4.78 is 38.5. The minimum absolute atomic E-state index is 0.271. The van der Waals surface area contributed by atoms with Gasteiger partial charge in [-0.3, -0.25) is 4.21 Å². The van der Waals surface area contributed by atoms with Crippen molar-refractivity contribution in [2.75, 3.05) is 18.1 Å². The van der Waals surface area contributed by atoms with Gasteiger partial charge < -0.3 is 5.32 Å². The third-order valence-corrected chi connectivity index (χ3v) is 4.54. The predicted octanol–water partition coefficient (Wildman–Crippen LogP) is 1.99. The first-order valence-corrected chi connectivity index (χ1v) is 7.09. The second-order valence-electron chi connectivity index (χ2n) is 4.48. The molecule has 1 saturated heterocycles. The minimum atomic E-state index is -0.985. The van der Waals surface area contributed by atoms with E-state index >= 15 is 0 Å². The summed E-state index contributed by atoms with van der Waals surface area (Å²) in [5.74, 6) is -0.452. The molecule has 3 atom stereocenters. The molecule has 1 aromatic rings. The molecule has 1 N–H and O–H groups in total. The van der Waals surface area contributed by atoms with Crippen molar-refractivity contribution in [3.63, 3.8) is 0 Å². The van der Waals surface area contributed by atoms with E-state index in [-0.39, 0.29) is 17.5 Å². The Kier molecular flexibility index (Phi) is 3.89. The lowest BCUT2D eigenvalue weighted by atomic mass is 10.1. The van der Waals surface area contributed by atoms with Gasteiger partial charge in [0.25, 0.3) is 0 Å². The first-order valence-electron chi connectivity index (χ1n) is 5.60. The van der Waals surface area contributed by atoms with Gasteiger partial charge in [0.05, 0.1) is 0 Å². The molecule has 1 aromatic carbocycles. The van der Waals surface area contributed by atoms with E-state index in [2.05, 4.69) is 5.32 Å². The van der Waals surface area contributed by atoms with Gasteiger partial charge in [0.15, 0.2) is 11.6 Å². The molecule has 1 aliphatic heterocycles. The highest BCUT2D eigenvalue weighted by Crippen LogP contribution is 2.22. The second kappa shape index (κ2) is 5.23. The SMILES string of the molecule is CC1CNC(c2cccc(F)c2F)CS(=O)C1.